The van der Waals surface area contributed by atoms with Crippen LogP contribution in [0.4, 0.5) is 0 Å². The zero-order valence-corrected chi connectivity index (χ0v) is 11.7. The topological polar surface area (TPSA) is 92.5 Å². The van der Waals surface area contributed by atoms with Crippen molar-refractivity contribution in [2.45, 2.75) is 38.6 Å². The van der Waals surface area contributed by atoms with Gasteiger partial charge in [-0.15, -0.1) is 0 Å². The van der Waals surface area contributed by atoms with Gasteiger partial charge in [0.1, 0.15) is 0 Å². The summed E-state index contributed by atoms with van der Waals surface area (Å²) in [6, 6.07) is 0.0807. The van der Waals surface area contributed by atoms with Crippen LogP contribution in [0.5, 0.6) is 0 Å². The molecule has 0 unspecified atom stereocenters. The molecule has 0 saturated carbocycles. The van der Waals surface area contributed by atoms with Crippen molar-refractivity contribution < 1.29 is 13.2 Å². The first-order chi connectivity index (χ1) is 8.49. The molecule has 0 atom stereocenters. The second-order valence-electron chi connectivity index (χ2n) is 4.60. The Morgan fingerprint density at radius 1 is 1.39 bits per heavy atom. The number of amides is 1. The van der Waals surface area contributed by atoms with Gasteiger partial charge in [0.25, 0.3) is 0 Å². The van der Waals surface area contributed by atoms with Crippen LogP contribution in [0.1, 0.15) is 32.6 Å². The minimum atomic E-state index is -3.09. The highest BCUT2D eigenvalue weighted by Gasteiger charge is 2.27. The summed E-state index contributed by atoms with van der Waals surface area (Å²) in [5.41, 5.74) is 5.30. The number of sulfonamides is 1. The fourth-order valence-electron chi connectivity index (χ4n) is 2.10. The van der Waals surface area contributed by atoms with Gasteiger partial charge in [-0.05, 0) is 19.3 Å². The number of nitrogens with one attached hydrogen (secondary N) is 1. The lowest BCUT2D eigenvalue weighted by Gasteiger charge is -2.31. The fraction of sp³-hybridized carbons (Fsp3) is 0.909. The zero-order chi connectivity index (χ0) is 13.6. The van der Waals surface area contributed by atoms with Gasteiger partial charge in [0, 0.05) is 32.1 Å². The first-order valence-electron chi connectivity index (χ1n) is 6.47. The minimum absolute atomic E-state index is 0.0487. The van der Waals surface area contributed by atoms with Crippen LogP contribution in [0.2, 0.25) is 0 Å². The summed E-state index contributed by atoms with van der Waals surface area (Å²) < 4.78 is 25.2. The Labute approximate surface area is 109 Å². The summed E-state index contributed by atoms with van der Waals surface area (Å²) in [4.78, 5) is 11.4. The molecule has 0 aliphatic carbocycles. The molecule has 7 heteroatoms. The lowest BCUT2D eigenvalue weighted by molar-refractivity contribution is -0.121. The predicted molar refractivity (Wildman–Crippen MR) is 70.5 cm³/mol. The van der Waals surface area contributed by atoms with Crippen LogP contribution in [-0.2, 0) is 14.8 Å². The van der Waals surface area contributed by atoms with Crippen molar-refractivity contribution in [2.75, 3.05) is 25.4 Å². The van der Waals surface area contributed by atoms with E-state index in [1.807, 2.05) is 6.92 Å². The molecule has 0 spiro atoms. The summed E-state index contributed by atoms with van der Waals surface area (Å²) in [6.07, 6.45) is 2.32. The van der Waals surface area contributed by atoms with E-state index >= 15 is 0 Å². The maximum absolute atomic E-state index is 11.8. The molecule has 0 aromatic rings. The van der Waals surface area contributed by atoms with E-state index in [1.165, 1.54) is 4.31 Å². The summed E-state index contributed by atoms with van der Waals surface area (Å²) in [7, 11) is -3.09. The molecular formula is C11H23N3O3S. The summed E-state index contributed by atoms with van der Waals surface area (Å²) >= 11 is 0. The number of hydrogen-bond acceptors (Lipinski definition) is 4. The van der Waals surface area contributed by atoms with Crippen molar-refractivity contribution in [3.63, 3.8) is 0 Å². The van der Waals surface area contributed by atoms with Crippen LogP contribution in [0.25, 0.3) is 0 Å². The zero-order valence-electron chi connectivity index (χ0n) is 10.9. The average Bonchev–Trinajstić information content (AvgIpc) is 2.30. The molecule has 6 nitrogen and oxygen atoms in total. The largest absolute Gasteiger partial charge is 0.353 e. The van der Waals surface area contributed by atoms with Gasteiger partial charge in [0.15, 0.2) is 0 Å². The molecule has 106 valence electrons. The van der Waals surface area contributed by atoms with Crippen LogP contribution in [0.3, 0.4) is 0 Å². The quantitative estimate of drug-likeness (QED) is 0.694. The van der Waals surface area contributed by atoms with Crippen molar-refractivity contribution >= 4 is 15.9 Å². The van der Waals surface area contributed by atoms with Gasteiger partial charge >= 0.3 is 0 Å². The Morgan fingerprint density at radius 3 is 2.50 bits per heavy atom. The fourth-order valence-corrected chi connectivity index (χ4v) is 3.64. The number of piperidine rings is 1. The van der Waals surface area contributed by atoms with E-state index in [1.54, 1.807) is 0 Å². The SMILES string of the molecule is CCCS(=O)(=O)N1CCC(NC(=O)CCN)CC1. The molecule has 0 aromatic carbocycles. The van der Waals surface area contributed by atoms with Crippen LogP contribution in [-0.4, -0.2) is 50.1 Å². The monoisotopic (exact) mass is 277 g/mol. The molecule has 1 fully saturated rings. The lowest BCUT2D eigenvalue weighted by Crippen LogP contribution is -2.47. The van der Waals surface area contributed by atoms with Gasteiger partial charge < -0.3 is 11.1 Å². The molecule has 1 aliphatic rings. The third-order valence-corrected chi connectivity index (χ3v) is 5.12. The van der Waals surface area contributed by atoms with Crippen molar-refractivity contribution in [3.8, 4) is 0 Å². The summed E-state index contributed by atoms with van der Waals surface area (Å²) in [5.74, 6) is 0.157. The molecule has 0 bridgehead atoms. The van der Waals surface area contributed by atoms with Crippen LogP contribution in [0, 0.1) is 0 Å². The number of hydrogen-bond donors (Lipinski definition) is 2. The first-order valence-corrected chi connectivity index (χ1v) is 8.07. The van der Waals surface area contributed by atoms with E-state index in [9.17, 15) is 13.2 Å². The van der Waals surface area contributed by atoms with E-state index in [-0.39, 0.29) is 17.7 Å². The van der Waals surface area contributed by atoms with Gasteiger partial charge in [0.05, 0.1) is 5.75 Å². The van der Waals surface area contributed by atoms with Gasteiger partial charge in [-0.3, -0.25) is 4.79 Å². The number of nitrogens with zero attached hydrogens (tertiary/aromatic N) is 1. The Balaban J connectivity index is 2.39. The molecule has 1 saturated heterocycles. The van der Waals surface area contributed by atoms with Gasteiger partial charge in [-0.1, -0.05) is 6.92 Å². The Morgan fingerprint density at radius 2 is 2.00 bits per heavy atom. The molecule has 1 rings (SSSR count). The molecule has 1 heterocycles. The number of nitrogens with two attached hydrogens (primary N) is 1. The highest BCUT2D eigenvalue weighted by molar-refractivity contribution is 7.89. The van der Waals surface area contributed by atoms with Gasteiger partial charge in [0.2, 0.25) is 15.9 Å². The lowest BCUT2D eigenvalue weighted by atomic mass is 10.1. The van der Waals surface area contributed by atoms with Crippen LogP contribution < -0.4 is 11.1 Å². The standard InChI is InChI=1S/C11H23N3O3S/c1-2-9-18(16,17)14-7-4-10(5-8-14)13-11(15)3-6-12/h10H,2-9,12H2,1H3,(H,13,15). The van der Waals surface area contributed by atoms with Gasteiger partial charge in [-0.2, -0.15) is 0 Å². The van der Waals surface area contributed by atoms with Gasteiger partial charge in [-0.25, -0.2) is 12.7 Å². The van der Waals surface area contributed by atoms with E-state index in [0.29, 0.717) is 45.3 Å². The second-order valence-corrected chi connectivity index (χ2v) is 6.68. The van der Waals surface area contributed by atoms with Crippen LogP contribution in [0.15, 0.2) is 0 Å². The third-order valence-electron chi connectivity index (χ3n) is 3.05. The van der Waals surface area contributed by atoms with Crippen LogP contribution >= 0.6 is 0 Å². The highest BCUT2D eigenvalue weighted by atomic mass is 32.2. The first kappa shape index (κ1) is 15.4. The predicted octanol–water partition coefficient (Wildman–Crippen LogP) is -0.344. The van der Waals surface area contributed by atoms with E-state index in [2.05, 4.69) is 5.32 Å². The number of rotatable bonds is 6. The van der Waals surface area contributed by atoms with E-state index in [0.717, 1.165) is 0 Å². The second kappa shape index (κ2) is 7.06. The van der Waals surface area contributed by atoms with Crippen molar-refractivity contribution in [1.82, 2.24) is 9.62 Å². The van der Waals surface area contributed by atoms with E-state index < -0.39 is 10.0 Å². The van der Waals surface area contributed by atoms with Crippen molar-refractivity contribution in [1.29, 1.82) is 0 Å². The molecule has 0 radical (unpaired) electrons. The smallest absolute Gasteiger partial charge is 0.221 e. The maximum Gasteiger partial charge on any atom is 0.221 e. The van der Waals surface area contributed by atoms with Crippen molar-refractivity contribution in [2.24, 2.45) is 5.73 Å². The molecular weight excluding hydrogens is 254 g/mol. The molecule has 0 aromatic heterocycles. The Hall–Kier alpha value is -0.660. The number of carbonyl (C=O) groups is 1. The molecule has 18 heavy (non-hydrogen) atoms. The highest BCUT2D eigenvalue weighted by Crippen LogP contribution is 2.15. The molecule has 1 amide bonds. The van der Waals surface area contributed by atoms with E-state index in [4.69, 9.17) is 5.73 Å². The summed E-state index contributed by atoms with van der Waals surface area (Å²) in [5, 5.41) is 2.88. The molecule has 1 aliphatic heterocycles. The minimum Gasteiger partial charge on any atom is -0.353 e. The normalized spacial score (nSPS) is 18.8. The van der Waals surface area contributed by atoms with Crippen molar-refractivity contribution in [3.05, 3.63) is 0 Å². The Kier molecular flexibility index (Phi) is 6.04. The Bertz CT molecular complexity index is 362. The average molecular weight is 277 g/mol. The third kappa shape index (κ3) is 4.55. The number of carbonyl (C=O) groups excluding carboxylic acids is 1. The molecule has 3 N–H and O–H groups in total. The maximum atomic E-state index is 11.8. The summed E-state index contributed by atoms with van der Waals surface area (Å²) in [6.45, 7) is 3.19.